The first-order chi connectivity index (χ1) is 12.3. The van der Waals surface area contributed by atoms with Gasteiger partial charge in [0.1, 0.15) is 0 Å². The van der Waals surface area contributed by atoms with Crippen molar-refractivity contribution in [2.24, 2.45) is 5.92 Å². The molecule has 2 aromatic rings. The van der Waals surface area contributed by atoms with E-state index in [0.717, 1.165) is 30.4 Å². The molecule has 1 saturated heterocycles. The maximum atomic E-state index is 13.2. The second-order valence-corrected chi connectivity index (χ2v) is 7.85. The Morgan fingerprint density at radius 3 is 2.46 bits per heavy atom. The van der Waals surface area contributed by atoms with Crippen LogP contribution in [0.2, 0.25) is 0 Å². The molecular weight excluding hydrogens is 367 g/mol. The highest BCUT2D eigenvalue weighted by atomic mass is 32.1. The molecule has 2 aliphatic rings. The average Bonchev–Trinajstić information content (AvgIpc) is 3.40. The third-order valence-electron chi connectivity index (χ3n) is 4.92. The van der Waals surface area contributed by atoms with Crippen molar-refractivity contribution in [1.82, 2.24) is 13.8 Å². The van der Waals surface area contributed by atoms with E-state index in [0.29, 0.717) is 26.2 Å². The molecule has 5 nitrogen and oxygen atoms in total. The van der Waals surface area contributed by atoms with Gasteiger partial charge in [-0.05, 0) is 25.0 Å². The summed E-state index contributed by atoms with van der Waals surface area (Å²) in [6, 6.07) is 3.71. The zero-order chi connectivity index (χ0) is 18.5. The van der Waals surface area contributed by atoms with Gasteiger partial charge >= 0.3 is 6.18 Å². The Morgan fingerprint density at radius 1 is 1.15 bits per heavy atom. The van der Waals surface area contributed by atoms with Gasteiger partial charge in [-0.25, -0.2) is 3.96 Å². The van der Waals surface area contributed by atoms with E-state index < -0.39 is 17.3 Å². The predicted molar refractivity (Wildman–Crippen MR) is 92.0 cm³/mol. The fourth-order valence-electron chi connectivity index (χ4n) is 3.29. The number of hydrogen-bond acceptors (Lipinski definition) is 4. The number of nitrogens with zero attached hydrogens (tertiary/aromatic N) is 3. The molecule has 0 unspecified atom stereocenters. The second-order valence-electron chi connectivity index (χ2n) is 6.81. The van der Waals surface area contributed by atoms with Crippen LogP contribution in [0.1, 0.15) is 18.4 Å². The largest absolute Gasteiger partial charge is 0.417 e. The summed E-state index contributed by atoms with van der Waals surface area (Å²) in [7, 11) is 0. The molecule has 0 radical (unpaired) electrons. The average molecular weight is 385 g/mol. The molecule has 0 bridgehead atoms. The molecule has 0 N–H and O–H groups in total. The minimum absolute atomic E-state index is 0.0208. The summed E-state index contributed by atoms with van der Waals surface area (Å²) in [5, 5.41) is 0.104. The number of carbonyl (C=O) groups excluding carboxylic acids is 1. The number of alkyl halides is 3. The van der Waals surface area contributed by atoms with Crippen molar-refractivity contribution in [3.63, 3.8) is 0 Å². The Morgan fingerprint density at radius 2 is 1.85 bits per heavy atom. The van der Waals surface area contributed by atoms with Crippen LogP contribution in [-0.4, -0.2) is 45.8 Å². The molecule has 1 aliphatic heterocycles. The van der Waals surface area contributed by atoms with Crippen molar-refractivity contribution >= 4 is 27.5 Å². The number of hydrogen-bond donors (Lipinski definition) is 0. The molecule has 0 spiro atoms. The SMILES string of the molecule is O=C(C1CC1)N1CCN(Cn2sc3c(C(F)(F)F)cccc3c2=O)CC1. The summed E-state index contributed by atoms with van der Waals surface area (Å²) in [5.74, 6) is 0.394. The minimum Gasteiger partial charge on any atom is -0.340 e. The number of amides is 1. The van der Waals surface area contributed by atoms with Crippen molar-refractivity contribution in [3.05, 3.63) is 34.1 Å². The molecule has 1 amide bonds. The Hall–Kier alpha value is -1.87. The van der Waals surface area contributed by atoms with Crippen LogP contribution in [0.5, 0.6) is 0 Å². The van der Waals surface area contributed by atoms with Gasteiger partial charge in [0.15, 0.2) is 0 Å². The van der Waals surface area contributed by atoms with Crippen LogP contribution >= 0.6 is 11.5 Å². The van der Waals surface area contributed by atoms with E-state index in [9.17, 15) is 22.8 Å². The number of carbonyl (C=O) groups is 1. The molecule has 1 aromatic carbocycles. The maximum Gasteiger partial charge on any atom is 0.417 e. The Kier molecular flexibility index (Phi) is 4.31. The van der Waals surface area contributed by atoms with Gasteiger partial charge < -0.3 is 4.90 Å². The zero-order valence-electron chi connectivity index (χ0n) is 14.0. The molecule has 1 saturated carbocycles. The number of piperazine rings is 1. The summed E-state index contributed by atoms with van der Waals surface area (Å²) < 4.78 is 40.8. The van der Waals surface area contributed by atoms with E-state index >= 15 is 0 Å². The van der Waals surface area contributed by atoms with Crippen LogP contribution < -0.4 is 5.56 Å². The van der Waals surface area contributed by atoms with Gasteiger partial charge in [-0.15, -0.1) is 0 Å². The van der Waals surface area contributed by atoms with E-state index in [1.54, 1.807) is 0 Å². The van der Waals surface area contributed by atoms with Gasteiger partial charge in [0, 0.05) is 32.1 Å². The van der Waals surface area contributed by atoms with Crippen LogP contribution in [0.4, 0.5) is 13.2 Å². The zero-order valence-corrected chi connectivity index (χ0v) is 14.8. The van der Waals surface area contributed by atoms with Gasteiger partial charge in [0.05, 0.1) is 22.3 Å². The number of benzene rings is 1. The highest BCUT2D eigenvalue weighted by Gasteiger charge is 2.35. The van der Waals surface area contributed by atoms with Crippen LogP contribution in [0.25, 0.3) is 10.1 Å². The summed E-state index contributed by atoms with van der Waals surface area (Å²) in [5.41, 5.74) is -1.16. The summed E-state index contributed by atoms with van der Waals surface area (Å²) in [6.07, 6.45) is -2.54. The lowest BCUT2D eigenvalue weighted by atomic mass is 10.2. The molecule has 2 heterocycles. The molecule has 140 valence electrons. The van der Waals surface area contributed by atoms with Crippen molar-refractivity contribution in [1.29, 1.82) is 0 Å². The number of aromatic nitrogens is 1. The quantitative estimate of drug-likeness (QED) is 0.816. The molecule has 0 atom stereocenters. The standard InChI is InChI=1S/C17H18F3N3O2S/c18-17(19,20)13-3-1-2-12-14(13)26-23(16(12)25)10-21-6-8-22(9-7-21)15(24)11-4-5-11/h1-3,11H,4-10H2. The predicted octanol–water partition coefficient (Wildman–Crippen LogP) is 2.59. The van der Waals surface area contributed by atoms with Gasteiger partial charge in [-0.3, -0.25) is 14.5 Å². The first kappa shape index (κ1) is 17.5. The Balaban J connectivity index is 1.50. The number of halogens is 3. The van der Waals surface area contributed by atoms with Crippen LogP contribution in [0.15, 0.2) is 23.0 Å². The normalized spacial score (nSPS) is 19.3. The van der Waals surface area contributed by atoms with Gasteiger partial charge in [0.25, 0.3) is 5.56 Å². The van der Waals surface area contributed by atoms with Crippen LogP contribution in [0.3, 0.4) is 0 Å². The minimum atomic E-state index is -4.48. The lowest BCUT2D eigenvalue weighted by molar-refractivity contribution is -0.136. The maximum absolute atomic E-state index is 13.2. The Bertz CT molecular complexity index is 893. The molecule has 4 rings (SSSR count). The van der Waals surface area contributed by atoms with Crippen molar-refractivity contribution in [3.8, 4) is 0 Å². The highest BCUT2D eigenvalue weighted by molar-refractivity contribution is 7.14. The first-order valence-corrected chi connectivity index (χ1v) is 9.33. The summed E-state index contributed by atoms with van der Waals surface area (Å²) >= 11 is 0.855. The molecule has 2 fully saturated rings. The van der Waals surface area contributed by atoms with Crippen molar-refractivity contribution in [2.45, 2.75) is 25.7 Å². The van der Waals surface area contributed by atoms with E-state index in [1.165, 1.54) is 16.1 Å². The third-order valence-corrected chi connectivity index (χ3v) is 6.04. The van der Waals surface area contributed by atoms with Crippen molar-refractivity contribution in [2.75, 3.05) is 26.2 Å². The van der Waals surface area contributed by atoms with E-state index in [-0.39, 0.29) is 28.6 Å². The molecule has 26 heavy (non-hydrogen) atoms. The van der Waals surface area contributed by atoms with E-state index in [2.05, 4.69) is 0 Å². The fourth-order valence-corrected chi connectivity index (χ4v) is 4.44. The first-order valence-electron chi connectivity index (χ1n) is 8.56. The van der Waals surface area contributed by atoms with E-state index in [4.69, 9.17) is 0 Å². The topological polar surface area (TPSA) is 45.6 Å². The van der Waals surface area contributed by atoms with Gasteiger partial charge in [-0.1, -0.05) is 17.6 Å². The molecule has 1 aromatic heterocycles. The molecule has 9 heteroatoms. The number of fused-ring (bicyclic) bond motifs is 1. The number of rotatable bonds is 3. The van der Waals surface area contributed by atoms with Gasteiger partial charge in [-0.2, -0.15) is 13.2 Å². The lowest BCUT2D eigenvalue weighted by Gasteiger charge is -2.34. The fraction of sp³-hybridized carbons (Fsp3) is 0.529. The smallest absolute Gasteiger partial charge is 0.340 e. The third kappa shape index (κ3) is 3.25. The lowest BCUT2D eigenvalue weighted by Crippen LogP contribution is -2.49. The summed E-state index contributed by atoms with van der Waals surface area (Å²) in [4.78, 5) is 28.4. The van der Waals surface area contributed by atoms with Crippen LogP contribution in [0, 0.1) is 5.92 Å². The second kappa shape index (κ2) is 6.38. The monoisotopic (exact) mass is 385 g/mol. The molecule has 1 aliphatic carbocycles. The van der Waals surface area contributed by atoms with E-state index in [1.807, 2.05) is 9.80 Å². The molecular formula is C17H18F3N3O2S. The Labute approximate surface area is 151 Å². The van der Waals surface area contributed by atoms with Crippen molar-refractivity contribution < 1.29 is 18.0 Å². The van der Waals surface area contributed by atoms with Gasteiger partial charge in [0.2, 0.25) is 5.91 Å². The van der Waals surface area contributed by atoms with Crippen LogP contribution in [-0.2, 0) is 17.6 Å². The summed E-state index contributed by atoms with van der Waals surface area (Å²) in [6.45, 7) is 2.68. The highest BCUT2D eigenvalue weighted by Crippen LogP contribution is 2.36.